The molecule has 0 aliphatic carbocycles. The van der Waals surface area contributed by atoms with E-state index in [1.54, 1.807) is 32.0 Å². The number of hydrogen-bond donors (Lipinski definition) is 3. The van der Waals surface area contributed by atoms with Gasteiger partial charge in [-0.3, -0.25) is 9.59 Å². The normalized spacial score (nSPS) is 12.4. The van der Waals surface area contributed by atoms with Crippen LogP contribution in [0.5, 0.6) is 17.2 Å². The van der Waals surface area contributed by atoms with Crippen molar-refractivity contribution in [2.45, 2.75) is 13.8 Å². The van der Waals surface area contributed by atoms with Gasteiger partial charge in [-0.15, -0.1) is 0 Å². The molecule has 0 bridgehead atoms. The molecule has 1 aliphatic heterocycles. The summed E-state index contributed by atoms with van der Waals surface area (Å²) in [4.78, 5) is 41.7. The molecule has 184 valence electrons. The average Bonchev–Trinajstić information content (AvgIpc) is 2.97. The number of methoxy groups -OCH3 is 2. The Hall–Kier alpha value is -4.54. The molecule has 0 unspecified atom stereocenters. The van der Waals surface area contributed by atoms with Crippen molar-refractivity contribution in [1.29, 1.82) is 0 Å². The van der Waals surface area contributed by atoms with Crippen molar-refractivity contribution in [3.05, 3.63) is 53.2 Å². The SMILES string of the molecule is CCOC(=O)C1=C(C)Nc2ccccc2N=C1NC(=O)c1cc(OC)c(OCC(N)=O)c(OC)c1. The van der Waals surface area contributed by atoms with E-state index in [2.05, 4.69) is 15.6 Å². The second-order valence-corrected chi connectivity index (χ2v) is 7.24. The quantitative estimate of drug-likeness (QED) is 0.485. The van der Waals surface area contributed by atoms with Gasteiger partial charge in [0.1, 0.15) is 11.4 Å². The number of nitrogens with zero attached hydrogens (tertiary/aromatic N) is 1. The molecule has 0 spiro atoms. The Morgan fingerprint density at radius 2 is 1.74 bits per heavy atom. The van der Waals surface area contributed by atoms with Crippen molar-refractivity contribution >= 4 is 35.0 Å². The van der Waals surface area contributed by atoms with Gasteiger partial charge in [0.2, 0.25) is 5.75 Å². The molecule has 0 radical (unpaired) electrons. The first-order valence-electron chi connectivity index (χ1n) is 10.6. The monoisotopic (exact) mass is 482 g/mol. The molecule has 0 saturated carbocycles. The van der Waals surface area contributed by atoms with Gasteiger partial charge in [0.25, 0.3) is 11.8 Å². The number of nitrogens with one attached hydrogen (secondary N) is 2. The van der Waals surface area contributed by atoms with Crippen molar-refractivity contribution in [3.63, 3.8) is 0 Å². The number of fused-ring (bicyclic) bond motifs is 1. The lowest BCUT2D eigenvalue weighted by Crippen LogP contribution is -2.35. The van der Waals surface area contributed by atoms with Gasteiger partial charge in [-0.25, -0.2) is 9.79 Å². The van der Waals surface area contributed by atoms with E-state index in [4.69, 9.17) is 24.7 Å². The van der Waals surface area contributed by atoms with Crippen LogP contribution in [0, 0.1) is 0 Å². The molecule has 3 rings (SSSR count). The van der Waals surface area contributed by atoms with Crippen molar-refractivity contribution in [3.8, 4) is 17.2 Å². The van der Waals surface area contributed by atoms with Gasteiger partial charge in [-0.1, -0.05) is 12.1 Å². The highest BCUT2D eigenvalue weighted by Crippen LogP contribution is 2.38. The van der Waals surface area contributed by atoms with Crippen LogP contribution >= 0.6 is 0 Å². The van der Waals surface area contributed by atoms with Crippen LogP contribution in [0.4, 0.5) is 11.4 Å². The Morgan fingerprint density at radius 1 is 1.09 bits per heavy atom. The number of carbonyl (C=O) groups is 3. The molecule has 4 N–H and O–H groups in total. The fourth-order valence-corrected chi connectivity index (χ4v) is 3.32. The zero-order chi connectivity index (χ0) is 25.5. The van der Waals surface area contributed by atoms with Crippen LogP contribution in [0.3, 0.4) is 0 Å². The van der Waals surface area contributed by atoms with Gasteiger partial charge >= 0.3 is 5.97 Å². The first kappa shape index (κ1) is 25.1. The van der Waals surface area contributed by atoms with Crippen molar-refractivity contribution < 1.29 is 33.3 Å². The van der Waals surface area contributed by atoms with Crippen LogP contribution in [0.2, 0.25) is 0 Å². The number of hydrogen-bond acceptors (Lipinski definition) is 9. The van der Waals surface area contributed by atoms with Crippen molar-refractivity contribution in [2.75, 3.05) is 32.8 Å². The number of nitrogens with two attached hydrogens (primary N) is 1. The van der Waals surface area contributed by atoms with Crippen LogP contribution in [0.1, 0.15) is 24.2 Å². The maximum Gasteiger partial charge on any atom is 0.343 e. The Morgan fingerprint density at radius 3 is 2.34 bits per heavy atom. The highest BCUT2D eigenvalue weighted by atomic mass is 16.5. The molecule has 0 saturated heterocycles. The molecule has 1 aliphatic rings. The zero-order valence-corrected chi connectivity index (χ0v) is 19.8. The van der Waals surface area contributed by atoms with Gasteiger partial charge in [0, 0.05) is 11.3 Å². The molecule has 2 aromatic rings. The second-order valence-electron chi connectivity index (χ2n) is 7.24. The molecule has 1 heterocycles. The minimum atomic E-state index is -0.690. The van der Waals surface area contributed by atoms with E-state index < -0.39 is 24.4 Å². The summed E-state index contributed by atoms with van der Waals surface area (Å²) < 4.78 is 21.2. The van der Waals surface area contributed by atoms with Crippen LogP contribution < -0.4 is 30.6 Å². The third-order valence-electron chi connectivity index (χ3n) is 4.86. The summed E-state index contributed by atoms with van der Waals surface area (Å²) in [5.74, 6) is -1.53. The van der Waals surface area contributed by atoms with Crippen LogP contribution in [-0.2, 0) is 14.3 Å². The van der Waals surface area contributed by atoms with Crippen LogP contribution in [0.15, 0.2) is 52.7 Å². The van der Waals surface area contributed by atoms with Crippen molar-refractivity contribution in [1.82, 2.24) is 5.32 Å². The van der Waals surface area contributed by atoms with Gasteiger partial charge in [-0.05, 0) is 38.1 Å². The number of amides is 2. The number of esters is 1. The van der Waals surface area contributed by atoms with Gasteiger partial charge in [0.05, 0.1) is 32.2 Å². The highest BCUT2D eigenvalue weighted by Gasteiger charge is 2.27. The van der Waals surface area contributed by atoms with Gasteiger partial charge in [0.15, 0.2) is 18.1 Å². The Bertz CT molecular complexity index is 1200. The van der Waals surface area contributed by atoms with E-state index in [9.17, 15) is 14.4 Å². The summed E-state index contributed by atoms with van der Waals surface area (Å²) in [5.41, 5.74) is 7.00. The summed E-state index contributed by atoms with van der Waals surface area (Å²) >= 11 is 0. The summed E-state index contributed by atoms with van der Waals surface area (Å²) in [6.45, 7) is 3.11. The zero-order valence-electron chi connectivity index (χ0n) is 19.8. The fourth-order valence-electron chi connectivity index (χ4n) is 3.32. The number of para-hydroxylation sites is 2. The summed E-state index contributed by atoms with van der Waals surface area (Å²) in [5, 5.41) is 5.83. The van der Waals surface area contributed by atoms with E-state index in [1.807, 2.05) is 6.07 Å². The van der Waals surface area contributed by atoms with E-state index in [1.165, 1.54) is 26.4 Å². The molecule has 11 nitrogen and oxygen atoms in total. The average molecular weight is 482 g/mol. The van der Waals surface area contributed by atoms with Crippen LogP contribution in [0.25, 0.3) is 0 Å². The number of rotatable bonds is 8. The maximum absolute atomic E-state index is 13.3. The summed E-state index contributed by atoms with van der Waals surface area (Å²) in [7, 11) is 2.74. The minimum absolute atomic E-state index is 0.00962. The fraction of sp³-hybridized carbons (Fsp3) is 0.250. The second kappa shape index (κ2) is 11.1. The van der Waals surface area contributed by atoms with E-state index >= 15 is 0 Å². The molecular formula is C24H26N4O7. The lowest BCUT2D eigenvalue weighted by molar-refractivity contribution is -0.137. The van der Waals surface area contributed by atoms with E-state index in [0.29, 0.717) is 17.1 Å². The van der Waals surface area contributed by atoms with Gasteiger partial charge in [-0.2, -0.15) is 0 Å². The largest absolute Gasteiger partial charge is 0.493 e. The highest BCUT2D eigenvalue weighted by molar-refractivity contribution is 6.25. The smallest absolute Gasteiger partial charge is 0.343 e. The predicted molar refractivity (Wildman–Crippen MR) is 128 cm³/mol. The molecule has 11 heteroatoms. The molecular weight excluding hydrogens is 456 g/mol. The number of allylic oxidation sites excluding steroid dienone is 1. The lowest BCUT2D eigenvalue weighted by Gasteiger charge is -2.16. The third-order valence-corrected chi connectivity index (χ3v) is 4.86. The molecule has 0 aromatic heterocycles. The number of aliphatic imine (C=N–C) groups is 1. The standard InChI is InChI=1S/C24H26N4O7/c1-5-34-24(31)20-13(2)26-15-8-6-7-9-16(15)27-22(20)28-23(30)14-10-17(32-3)21(18(11-14)33-4)35-12-19(25)29/h6-11,26H,5,12H2,1-4H3,(H2,25,29)(H,27,28,30). The molecule has 0 atom stereocenters. The first-order valence-corrected chi connectivity index (χ1v) is 10.6. The number of anilines is 1. The van der Waals surface area contributed by atoms with Crippen LogP contribution in [-0.4, -0.2) is 51.1 Å². The number of amidine groups is 1. The maximum atomic E-state index is 13.3. The minimum Gasteiger partial charge on any atom is -0.493 e. The Labute approximate surface area is 201 Å². The Kier molecular flexibility index (Phi) is 7.92. The number of ether oxygens (including phenoxy) is 4. The third kappa shape index (κ3) is 5.69. The molecule has 2 aromatic carbocycles. The Balaban J connectivity index is 2.03. The van der Waals surface area contributed by atoms with E-state index in [0.717, 1.165) is 0 Å². The predicted octanol–water partition coefficient (Wildman–Crippen LogP) is 2.29. The first-order chi connectivity index (χ1) is 16.8. The number of carbonyl (C=O) groups excluding carboxylic acids is 3. The van der Waals surface area contributed by atoms with E-state index in [-0.39, 0.29) is 40.8 Å². The summed E-state index contributed by atoms with van der Waals surface area (Å²) in [6.07, 6.45) is 0. The van der Waals surface area contributed by atoms with Gasteiger partial charge < -0.3 is 35.3 Å². The number of primary amides is 1. The van der Waals surface area contributed by atoms with Crippen molar-refractivity contribution in [2.24, 2.45) is 10.7 Å². The molecule has 0 fully saturated rings. The topological polar surface area (TPSA) is 151 Å². The lowest BCUT2D eigenvalue weighted by atomic mass is 10.1. The molecule has 35 heavy (non-hydrogen) atoms. The number of benzene rings is 2. The summed E-state index contributed by atoms with van der Waals surface area (Å²) in [6, 6.07) is 9.96. The molecule has 2 amide bonds.